The Balaban J connectivity index is 1.58. The van der Waals surface area contributed by atoms with Crippen molar-refractivity contribution in [1.29, 1.82) is 0 Å². The van der Waals surface area contributed by atoms with Gasteiger partial charge < -0.3 is 20.1 Å². The first-order chi connectivity index (χ1) is 11.6. The molecule has 2 aromatic heterocycles. The van der Waals surface area contributed by atoms with Gasteiger partial charge in [-0.1, -0.05) is 6.92 Å². The van der Waals surface area contributed by atoms with Gasteiger partial charge in [-0.05, 0) is 30.8 Å². The Morgan fingerprint density at radius 3 is 3.21 bits per heavy atom. The van der Waals surface area contributed by atoms with Gasteiger partial charge in [0, 0.05) is 26.2 Å². The van der Waals surface area contributed by atoms with Crippen LogP contribution in [0.3, 0.4) is 0 Å². The van der Waals surface area contributed by atoms with Crippen molar-refractivity contribution < 1.29 is 4.79 Å². The van der Waals surface area contributed by atoms with E-state index >= 15 is 0 Å². The molecule has 24 heavy (non-hydrogen) atoms. The van der Waals surface area contributed by atoms with Crippen LogP contribution < -0.4 is 10.9 Å². The second kappa shape index (κ2) is 7.31. The van der Waals surface area contributed by atoms with Gasteiger partial charge >= 0.3 is 6.03 Å². The van der Waals surface area contributed by atoms with E-state index in [2.05, 4.69) is 27.1 Å². The predicted octanol–water partition coefficient (Wildman–Crippen LogP) is 1.61. The molecular formula is C16H23N5O2S. The number of hydrogen-bond acceptors (Lipinski definition) is 5. The lowest BCUT2D eigenvalue weighted by atomic mass is 10.3. The van der Waals surface area contributed by atoms with E-state index in [1.54, 1.807) is 11.9 Å². The molecule has 2 aromatic rings. The highest BCUT2D eigenvalue weighted by Crippen LogP contribution is 2.14. The fraction of sp³-hybridized carbons (Fsp3) is 0.562. The Hall–Kier alpha value is -1.93. The minimum absolute atomic E-state index is 0.133. The van der Waals surface area contributed by atoms with Gasteiger partial charge in [-0.15, -0.1) is 11.3 Å². The summed E-state index contributed by atoms with van der Waals surface area (Å²) in [6.45, 7) is 5.46. The van der Waals surface area contributed by atoms with E-state index in [-0.39, 0.29) is 24.2 Å². The fourth-order valence-corrected chi connectivity index (χ4v) is 3.77. The van der Waals surface area contributed by atoms with E-state index in [1.807, 2.05) is 11.4 Å². The monoisotopic (exact) mass is 349 g/mol. The maximum Gasteiger partial charge on any atom is 0.317 e. The number of aromatic amines is 1. The topological polar surface area (TPSA) is 81.3 Å². The van der Waals surface area contributed by atoms with E-state index < -0.39 is 0 Å². The van der Waals surface area contributed by atoms with Crippen molar-refractivity contribution in [2.75, 3.05) is 26.7 Å². The summed E-state index contributed by atoms with van der Waals surface area (Å²) in [6, 6.07) is 1.88. The molecule has 1 aliphatic rings. The molecule has 3 rings (SSSR count). The largest absolute Gasteiger partial charge is 0.334 e. The average molecular weight is 349 g/mol. The minimum Gasteiger partial charge on any atom is -0.334 e. The lowest BCUT2D eigenvalue weighted by Gasteiger charge is -2.21. The van der Waals surface area contributed by atoms with E-state index in [0.29, 0.717) is 16.0 Å². The van der Waals surface area contributed by atoms with E-state index in [9.17, 15) is 9.59 Å². The zero-order valence-corrected chi connectivity index (χ0v) is 14.9. The molecule has 8 heteroatoms. The maximum atomic E-state index is 12.3. The molecule has 1 atom stereocenters. The number of fused-ring (bicyclic) bond motifs is 1. The molecule has 1 aliphatic heterocycles. The van der Waals surface area contributed by atoms with Crippen LogP contribution in [0.4, 0.5) is 4.79 Å². The number of aromatic nitrogens is 2. The molecule has 0 aliphatic carbocycles. The summed E-state index contributed by atoms with van der Waals surface area (Å²) in [5.41, 5.74) is 0.531. The number of thiophene rings is 1. The Morgan fingerprint density at radius 1 is 1.58 bits per heavy atom. The fourth-order valence-electron chi connectivity index (χ4n) is 3.05. The number of nitrogens with one attached hydrogen (secondary N) is 2. The summed E-state index contributed by atoms with van der Waals surface area (Å²) in [5, 5.41) is 4.90. The van der Waals surface area contributed by atoms with Crippen molar-refractivity contribution in [3.63, 3.8) is 0 Å². The van der Waals surface area contributed by atoms with Crippen molar-refractivity contribution >= 4 is 27.6 Å². The van der Waals surface area contributed by atoms with E-state index in [0.717, 1.165) is 32.5 Å². The van der Waals surface area contributed by atoms with Crippen LogP contribution in [0.1, 0.15) is 25.6 Å². The number of rotatable bonds is 5. The Bertz CT molecular complexity index is 771. The van der Waals surface area contributed by atoms with Crippen molar-refractivity contribution in [2.24, 2.45) is 0 Å². The Morgan fingerprint density at radius 2 is 2.42 bits per heavy atom. The molecule has 1 saturated heterocycles. The van der Waals surface area contributed by atoms with Gasteiger partial charge in [0.2, 0.25) is 0 Å². The SMILES string of the molecule is CCCN1CC[C@H](NC(=O)N(C)Cc2nc3ccsc3c(=O)[nH]2)C1. The smallest absolute Gasteiger partial charge is 0.317 e. The van der Waals surface area contributed by atoms with Crippen LogP contribution in [0.15, 0.2) is 16.2 Å². The van der Waals surface area contributed by atoms with Crippen molar-refractivity contribution in [3.8, 4) is 0 Å². The van der Waals surface area contributed by atoms with Gasteiger partial charge in [-0.2, -0.15) is 0 Å². The first kappa shape index (κ1) is 16.9. The van der Waals surface area contributed by atoms with Crippen LogP contribution in [0.2, 0.25) is 0 Å². The lowest BCUT2D eigenvalue weighted by molar-refractivity contribution is 0.201. The third kappa shape index (κ3) is 3.76. The number of carbonyl (C=O) groups excluding carboxylic acids is 1. The zero-order chi connectivity index (χ0) is 17.1. The van der Waals surface area contributed by atoms with Gasteiger partial charge in [0.25, 0.3) is 5.56 Å². The van der Waals surface area contributed by atoms with Crippen molar-refractivity contribution in [3.05, 3.63) is 27.6 Å². The molecule has 0 bridgehead atoms. The van der Waals surface area contributed by atoms with Crippen LogP contribution in [-0.2, 0) is 6.54 Å². The number of nitrogens with zero attached hydrogens (tertiary/aromatic N) is 3. The van der Waals surface area contributed by atoms with Crippen LogP contribution in [0.5, 0.6) is 0 Å². The average Bonchev–Trinajstić information content (AvgIpc) is 3.17. The molecule has 0 saturated carbocycles. The summed E-state index contributed by atoms with van der Waals surface area (Å²) >= 11 is 1.37. The number of urea groups is 1. The molecule has 2 N–H and O–H groups in total. The van der Waals surface area contributed by atoms with Crippen molar-refractivity contribution in [1.82, 2.24) is 25.1 Å². The molecule has 1 fully saturated rings. The molecular weight excluding hydrogens is 326 g/mol. The molecule has 3 heterocycles. The van der Waals surface area contributed by atoms with Crippen LogP contribution in [0, 0.1) is 0 Å². The van der Waals surface area contributed by atoms with Crippen molar-refractivity contribution in [2.45, 2.75) is 32.4 Å². The minimum atomic E-state index is -0.148. The second-order valence-electron chi connectivity index (χ2n) is 6.24. The number of H-pyrrole nitrogens is 1. The van der Waals surface area contributed by atoms with Gasteiger partial charge in [-0.3, -0.25) is 4.79 Å². The molecule has 2 amide bonds. The highest BCUT2D eigenvalue weighted by molar-refractivity contribution is 7.17. The number of carbonyl (C=O) groups is 1. The van der Waals surface area contributed by atoms with Gasteiger partial charge in [0.05, 0.1) is 12.1 Å². The first-order valence-corrected chi connectivity index (χ1v) is 9.15. The highest BCUT2D eigenvalue weighted by Gasteiger charge is 2.24. The summed E-state index contributed by atoms with van der Waals surface area (Å²) in [7, 11) is 1.71. The Labute approximate surface area is 144 Å². The molecule has 7 nitrogen and oxygen atoms in total. The lowest BCUT2D eigenvalue weighted by Crippen LogP contribution is -2.44. The molecule has 0 spiro atoms. The highest BCUT2D eigenvalue weighted by atomic mass is 32.1. The standard InChI is InChI=1S/C16H23N5O2S/c1-3-6-21-7-4-11(9-21)17-16(23)20(2)10-13-18-12-5-8-24-14(12)15(22)19-13/h5,8,11H,3-4,6-7,9-10H2,1-2H3,(H,17,23)(H,18,19,22)/t11-/m0/s1. The molecule has 0 radical (unpaired) electrons. The summed E-state index contributed by atoms with van der Waals surface area (Å²) in [5.74, 6) is 0.502. The van der Waals surface area contributed by atoms with Crippen LogP contribution in [-0.4, -0.2) is 58.5 Å². The summed E-state index contributed by atoms with van der Waals surface area (Å²) in [6.07, 6.45) is 2.11. The van der Waals surface area contributed by atoms with Gasteiger partial charge in [-0.25, -0.2) is 9.78 Å². The zero-order valence-electron chi connectivity index (χ0n) is 14.0. The number of likely N-dealkylation sites (tertiary alicyclic amines) is 1. The van der Waals surface area contributed by atoms with Crippen LogP contribution >= 0.6 is 11.3 Å². The summed E-state index contributed by atoms with van der Waals surface area (Å²) in [4.78, 5) is 35.4. The summed E-state index contributed by atoms with van der Waals surface area (Å²) < 4.78 is 0.618. The predicted molar refractivity (Wildman–Crippen MR) is 95.4 cm³/mol. The van der Waals surface area contributed by atoms with E-state index in [1.165, 1.54) is 11.3 Å². The molecule has 0 aromatic carbocycles. The van der Waals surface area contributed by atoms with Gasteiger partial charge in [0.15, 0.2) is 0 Å². The molecule has 0 unspecified atom stereocenters. The third-order valence-corrected chi connectivity index (χ3v) is 5.14. The normalized spacial score (nSPS) is 18.2. The number of hydrogen-bond donors (Lipinski definition) is 2. The van der Waals surface area contributed by atoms with Gasteiger partial charge in [0.1, 0.15) is 10.5 Å². The molecule has 130 valence electrons. The third-order valence-electron chi connectivity index (χ3n) is 4.24. The quantitative estimate of drug-likeness (QED) is 0.859. The number of amides is 2. The first-order valence-electron chi connectivity index (χ1n) is 8.27. The maximum absolute atomic E-state index is 12.3. The van der Waals surface area contributed by atoms with E-state index in [4.69, 9.17) is 0 Å². The van der Waals surface area contributed by atoms with Crippen LogP contribution in [0.25, 0.3) is 10.2 Å². The second-order valence-corrected chi connectivity index (χ2v) is 7.16. The Kier molecular flexibility index (Phi) is 5.15.